The van der Waals surface area contributed by atoms with E-state index in [1.807, 2.05) is 20.8 Å². The number of esters is 1. The molecule has 0 bridgehead atoms. The van der Waals surface area contributed by atoms with Crippen LogP contribution >= 0.6 is 0 Å². The highest BCUT2D eigenvalue weighted by Crippen LogP contribution is 2.46. The van der Waals surface area contributed by atoms with Crippen molar-refractivity contribution < 1.29 is 14.3 Å². The summed E-state index contributed by atoms with van der Waals surface area (Å²) in [4.78, 5) is 22.7. The van der Waals surface area contributed by atoms with Crippen LogP contribution in [0.25, 0.3) is 0 Å². The van der Waals surface area contributed by atoms with Gasteiger partial charge < -0.3 is 4.74 Å². The summed E-state index contributed by atoms with van der Waals surface area (Å²) in [6.45, 7) is 7.68. The quantitative estimate of drug-likeness (QED) is 0.671. The molecule has 86 valence electrons. The van der Waals surface area contributed by atoms with Crippen molar-refractivity contribution in [2.24, 2.45) is 17.3 Å². The van der Waals surface area contributed by atoms with Crippen molar-refractivity contribution in [3.05, 3.63) is 0 Å². The van der Waals surface area contributed by atoms with Gasteiger partial charge >= 0.3 is 5.97 Å². The highest BCUT2D eigenvalue weighted by Gasteiger charge is 2.46. The molecular weight excluding hydrogens is 192 g/mol. The maximum Gasteiger partial charge on any atom is 0.311 e. The fourth-order valence-corrected chi connectivity index (χ4v) is 2.02. The molecule has 1 rings (SSSR count). The fourth-order valence-electron chi connectivity index (χ4n) is 2.02. The highest BCUT2D eigenvalue weighted by molar-refractivity contribution is 5.81. The Morgan fingerprint density at radius 1 is 1.33 bits per heavy atom. The number of Topliss-reactive ketones (excluding diaryl/α,β-unsaturated/α-hetero) is 1. The minimum atomic E-state index is -0.442. The Hall–Kier alpha value is -0.860. The number of ketones is 1. The number of hydrogen-bond acceptors (Lipinski definition) is 3. The molecule has 1 saturated carbocycles. The first-order valence-corrected chi connectivity index (χ1v) is 5.57. The zero-order valence-electron chi connectivity index (χ0n) is 10.0. The van der Waals surface area contributed by atoms with Gasteiger partial charge in [-0.2, -0.15) is 0 Å². The van der Waals surface area contributed by atoms with Gasteiger partial charge in [0, 0.05) is 5.92 Å². The van der Waals surface area contributed by atoms with E-state index in [0.717, 1.165) is 12.8 Å². The zero-order valence-corrected chi connectivity index (χ0v) is 10.0. The molecule has 0 unspecified atom stereocenters. The van der Waals surface area contributed by atoms with E-state index in [4.69, 9.17) is 4.74 Å². The van der Waals surface area contributed by atoms with Crippen molar-refractivity contribution in [3.8, 4) is 0 Å². The lowest BCUT2D eigenvalue weighted by atomic mass is 9.61. The van der Waals surface area contributed by atoms with Gasteiger partial charge in [-0.3, -0.25) is 9.59 Å². The van der Waals surface area contributed by atoms with Crippen LogP contribution in [0, 0.1) is 17.3 Å². The van der Waals surface area contributed by atoms with E-state index >= 15 is 0 Å². The van der Waals surface area contributed by atoms with Crippen molar-refractivity contribution in [3.63, 3.8) is 0 Å². The van der Waals surface area contributed by atoms with Crippen LogP contribution < -0.4 is 0 Å². The van der Waals surface area contributed by atoms with E-state index in [9.17, 15) is 9.59 Å². The Morgan fingerprint density at radius 3 is 2.27 bits per heavy atom. The first kappa shape index (κ1) is 12.2. The summed E-state index contributed by atoms with van der Waals surface area (Å²) < 4.78 is 5.04. The minimum absolute atomic E-state index is 0.142. The second kappa shape index (κ2) is 4.33. The third-order valence-electron chi connectivity index (χ3n) is 3.54. The van der Waals surface area contributed by atoms with Gasteiger partial charge in [0.2, 0.25) is 0 Å². The molecule has 3 nitrogen and oxygen atoms in total. The molecule has 0 amide bonds. The Balaban J connectivity index is 2.51. The molecule has 3 heteroatoms. The Bertz CT molecular complexity index is 262. The van der Waals surface area contributed by atoms with Gasteiger partial charge in [0.05, 0.1) is 12.0 Å². The summed E-state index contributed by atoms with van der Waals surface area (Å²) in [5.74, 6) is 0.567. The summed E-state index contributed by atoms with van der Waals surface area (Å²) in [6, 6.07) is 0. The Morgan fingerprint density at radius 2 is 1.87 bits per heavy atom. The largest absolute Gasteiger partial charge is 0.466 e. The average Bonchev–Trinajstić information content (AvgIpc) is 1.99. The average molecular weight is 212 g/mol. The van der Waals surface area contributed by atoms with Crippen LogP contribution in [0.4, 0.5) is 0 Å². The number of rotatable bonds is 4. The topological polar surface area (TPSA) is 43.4 Å². The van der Waals surface area contributed by atoms with E-state index in [2.05, 4.69) is 0 Å². The van der Waals surface area contributed by atoms with Crippen LogP contribution in [0.3, 0.4) is 0 Å². The van der Waals surface area contributed by atoms with Crippen molar-refractivity contribution in [2.75, 3.05) is 6.61 Å². The fraction of sp³-hybridized carbons (Fsp3) is 0.833. The van der Waals surface area contributed by atoms with Gasteiger partial charge in [0.25, 0.3) is 0 Å². The van der Waals surface area contributed by atoms with E-state index in [1.165, 1.54) is 0 Å². The molecule has 0 aliphatic heterocycles. The van der Waals surface area contributed by atoms with Gasteiger partial charge in [0.1, 0.15) is 5.78 Å². The van der Waals surface area contributed by atoms with Gasteiger partial charge in [-0.05, 0) is 46.5 Å². The van der Waals surface area contributed by atoms with Gasteiger partial charge in [-0.1, -0.05) is 0 Å². The molecule has 15 heavy (non-hydrogen) atoms. The van der Waals surface area contributed by atoms with Gasteiger partial charge in [0.15, 0.2) is 0 Å². The van der Waals surface area contributed by atoms with Crippen LogP contribution in [0.15, 0.2) is 0 Å². The standard InChI is InChI=1S/C12H20O3/c1-5-15-11(14)12(3,4)10-6-9(7-10)8(2)13/h9-10H,5-7H2,1-4H3. The summed E-state index contributed by atoms with van der Waals surface area (Å²) >= 11 is 0. The van der Waals surface area contributed by atoms with Crippen molar-refractivity contribution >= 4 is 11.8 Å². The number of ether oxygens (including phenoxy) is 1. The first-order chi connectivity index (χ1) is 6.89. The van der Waals surface area contributed by atoms with E-state index in [1.54, 1.807) is 6.92 Å². The first-order valence-electron chi connectivity index (χ1n) is 5.57. The summed E-state index contributed by atoms with van der Waals surface area (Å²) in [5.41, 5.74) is -0.442. The number of carbonyl (C=O) groups is 2. The van der Waals surface area contributed by atoms with Crippen molar-refractivity contribution in [1.29, 1.82) is 0 Å². The molecule has 0 radical (unpaired) electrons. The lowest BCUT2D eigenvalue weighted by Gasteiger charge is -2.42. The molecular formula is C12H20O3. The summed E-state index contributed by atoms with van der Waals surface area (Å²) in [5, 5.41) is 0. The van der Waals surface area contributed by atoms with Crippen LogP contribution in [-0.2, 0) is 14.3 Å². The molecule has 0 aromatic carbocycles. The molecule has 1 fully saturated rings. The van der Waals surface area contributed by atoms with Crippen molar-refractivity contribution in [1.82, 2.24) is 0 Å². The maximum atomic E-state index is 11.7. The maximum absolute atomic E-state index is 11.7. The van der Waals surface area contributed by atoms with Gasteiger partial charge in [-0.15, -0.1) is 0 Å². The predicted molar refractivity (Wildman–Crippen MR) is 57.3 cm³/mol. The molecule has 0 aromatic heterocycles. The lowest BCUT2D eigenvalue weighted by molar-refractivity contribution is -0.161. The van der Waals surface area contributed by atoms with E-state index in [-0.39, 0.29) is 17.7 Å². The van der Waals surface area contributed by atoms with E-state index < -0.39 is 5.41 Å². The second-order valence-corrected chi connectivity index (χ2v) is 4.92. The Labute approximate surface area is 91.2 Å². The Kier molecular flexibility index (Phi) is 3.53. The third kappa shape index (κ3) is 2.39. The van der Waals surface area contributed by atoms with Crippen LogP contribution in [0.2, 0.25) is 0 Å². The van der Waals surface area contributed by atoms with Crippen molar-refractivity contribution in [2.45, 2.75) is 40.5 Å². The highest BCUT2D eigenvalue weighted by atomic mass is 16.5. The molecule has 0 N–H and O–H groups in total. The van der Waals surface area contributed by atoms with Crippen LogP contribution in [0.5, 0.6) is 0 Å². The SMILES string of the molecule is CCOC(=O)C(C)(C)C1CC(C(C)=O)C1. The second-order valence-electron chi connectivity index (χ2n) is 4.92. The monoisotopic (exact) mass is 212 g/mol. The lowest BCUT2D eigenvalue weighted by Crippen LogP contribution is -2.43. The number of hydrogen-bond donors (Lipinski definition) is 0. The molecule has 0 saturated heterocycles. The summed E-state index contributed by atoms with van der Waals surface area (Å²) in [6.07, 6.45) is 1.67. The molecule has 0 spiro atoms. The zero-order chi connectivity index (χ0) is 11.6. The smallest absolute Gasteiger partial charge is 0.311 e. The predicted octanol–water partition coefficient (Wildman–Crippen LogP) is 2.19. The normalized spacial score (nSPS) is 25.6. The molecule has 0 aromatic rings. The van der Waals surface area contributed by atoms with Crippen LogP contribution in [0.1, 0.15) is 40.5 Å². The summed E-state index contributed by atoms with van der Waals surface area (Å²) in [7, 11) is 0. The molecule has 1 aliphatic carbocycles. The van der Waals surface area contributed by atoms with E-state index in [0.29, 0.717) is 12.5 Å². The molecule has 1 aliphatic rings. The molecule has 0 atom stereocenters. The number of carbonyl (C=O) groups excluding carboxylic acids is 2. The molecule has 0 heterocycles. The third-order valence-corrected chi connectivity index (χ3v) is 3.54. The van der Waals surface area contributed by atoms with Crippen LogP contribution in [-0.4, -0.2) is 18.4 Å². The minimum Gasteiger partial charge on any atom is -0.466 e. The van der Waals surface area contributed by atoms with Gasteiger partial charge in [-0.25, -0.2) is 0 Å².